The standard InChI is InChI=1S/C14H14O3/c1-8(2)12-6-10-5-11(9(3)15)14(16-4)7-13(10)17-12/h5-7H,1H2,2-4H3. The summed E-state index contributed by atoms with van der Waals surface area (Å²) in [5.74, 6) is 1.23. The van der Waals surface area contributed by atoms with Crippen molar-refractivity contribution in [3.05, 3.63) is 36.1 Å². The van der Waals surface area contributed by atoms with Gasteiger partial charge in [-0.25, -0.2) is 0 Å². The van der Waals surface area contributed by atoms with Gasteiger partial charge in [0.15, 0.2) is 5.78 Å². The van der Waals surface area contributed by atoms with Gasteiger partial charge >= 0.3 is 0 Å². The summed E-state index contributed by atoms with van der Waals surface area (Å²) in [4.78, 5) is 11.5. The normalized spacial score (nSPS) is 10.5. The lowest BCUT2D eigenvalue weighted by molar-refractivity contribution is 0.101. The van der Waals surface area contributed by atoms with Crippen LogP contribution < -0.4 is 4.74 Å². The van der Waals surface area contributed by atoms with Gasteiger partial charge in [0.2, 0.25) is 0 Å². The lowest BCUT2D eigenvalue weighted by atomic mass is 10.1. The molecule has 0 aliphatic carbocycles. The Morgan fingerprint density at radius 3 is 2.53 bits per heavy atom. The van der Waals surface area contributed by atoms with Gasteiger partial charge in [0, 0.05) is 11.5 Å². The second-order valence-corrected chi connectivity index (χ2v) is 4.04. The largest absolute Gasteiger partial charge is 0.496 e. The van der Waals surface area contributed by atoms with Crippen LogP contribution in [0.4, 0.5) is 0 Å². The van der Waals surface area contributed by atoms with Crippen molar-refractivity contribution in [2.75, 3.05) is 7.11 Å². The number of carbonyl (C=O) groups is 1. The summed E-state index contributed by atoms with van der Waals surface area (Å²) in [5.41, 5.74) is 2.11. The van der Waals surface area contributed by atoms with Crippen LogP contribution in [-0.2, 0) is 0 Å². The average molecular weight is 230 g/mol. The van der Waals surface area contributed by atoms with E-state index in [1.165, 1.54) is 14.0 Å². The number of fused-ring (bicyclic) bond motifs is 1. The monoisotopic (exact) mass is 230 g/mol. The summed E-state index contributed by atoms with van der Waals surface area (Å²) in [5, 5.41) is 0.883. The predicted molar refractivity (Wildman–Crippen MR) is 67.5 cm³/mol. The van der Waals surface area contributed by atoms with Crippen LogP contribution in [0.1, 0.15) is 30.0 Å². The predicted octanol–water partition coefficient (Wildman–Crippen LogP) is 3.68. The SMILES string of the molecule is C=C(C)c1cc2cc(C(C)=O)c(OC)cc2o1. The van der Waals surface area contributed by atoms with Crippen molar-refractivity contribution < 1.29 is 13.9 Å². The Morgan fingerprint density at radius 1 is 1.29 bits per heavy atom. The zero-order valence-electron chi connectivity index (χ0n) is 10.2. The van der Waals surface area contributed by atoms with Crippen molar-refractivity contribution in [3.63, 3.8) is 0 Å². The summed E-state index contributed by atoms with van der Waals surface area (Å²) in [6.45, 7) is 7.22. The molecule has 3 nitrogen and oxygen atoms in total. The highest BCUT2D eigenvalue weighted by atomic mass is 16.5. The number of Topliss-reactive ketones (excluding diaryl/α,β-unsaturated/α-hetero) is 1. The maximum Gasteiger partial charge on any atom is 0.163 e. The van der Waals surface area contributed by atoms with E-state index < -0.39 is 0 Å². The Morgan fingerprint density at radius 2 is 2.00 bits per heavy atom. The number of benzene rings is 1. The molecule has 88 valence electrons. The molecular weight excluding hydrogens is 216 g/mol. The first kappa shape index (κ1) is 11.5. The minimum Gasteiger partial charge on any atom is -0.496 e. The van der Waals surface area contributed by atoms with Crippen LogP contribution in [-0.4, -0.2) is 12.9 Å². The molecule has 1 aromatic heterocycles. The molecule has 0 fully saturated rings. The van der Waals surface area contributed by atoms with Gasteiger partial charge in [0.1, 0.15) is 17.1 Å². The minimum absolute atomic E-state index is 0.0261. The molecule has 0 bridgehead atoms. The van der Waals surface area contributed by atoms with Crippen LogP contribution in [0.15, 0.2) is 29.2 Å². The maximum atomic E-state index is 11.5. The number of carbonyl (C=O) groups excluding carboxylic acids is 1. The van der Waals surface area contributed by atoms with Gasteiger partial charge in [-0.1, -0.05) is 6.58 Å². The number of allylic oxidation sites excluding steroid dienone is 1. The molecule has 2 rings (SSSR count). The first-order valence-corrected chi connectivity index (χ1v) is 5.31. The third-order valence-electron chi connectivity index (χ3n) is 2.64. The number of ether oxygens (including phenoxy) is 1. The molecule has 0 atom stereocenters. The zero-order valence-corrected chi connectivity index (χ0v) is 10.2. The second-order valence-electron chi connectivity index (χ2n) is 4.04. The molecule has 0 aliphatic heterocycles. The second kappa shape index (κ2) is 4.09. The van der Waals surface area contributed by atoms with Gasteiger partial charge in [0.25, 0.3) is 0 Å². The van der Waals surface area contributed by atoms with Crippen molar-refractivity contribution in [1.29, 1.82) is 0 Å². The van der Waals surface area contributed by atoms with E-state index in [0.29, 0.717) is 16.9 Å². The molecule has 2 aromatic rings. The summed E-state index contributed by atoms with van der Waals surface area (Å²) < 4.78 is 10.8. The molecule has 3 heteroatoms. The Balaban J connectivity index is 2.70. The third-order valence-corrected chi connectivity index (χ3v) is 2.64. The van der Waals surface area contributed by atoms with Crippen LogP contribution in [0.5, 0.6) is 5.75 Å². The molecule has 1 aromatic carbocycles. The number of hydrogen-bond acceptors (Lipinski definition) is 3. The Kier molecular flexibility index (Phi) is 2.76. The number of rotatable bonds is 3. The fraction of sp³-hybridized carbons (Fsp3) is 0.214. The highest BCUT2D eigenvalue weighted by Crippen LogP contribution is 2.30. The number of methoxy groups -OCH3 is 1. The summed E-state index contributed by atoms with van der Waals surface area (Å²) >= 11 is 0. The fourth-order valence-corrected chi connectivity index (χ4v) is 1.72. The smallest absolute Gasteiger partial charge is 0.163 e. The van der Waals surface area contributed by atoms with Crippen LogP contribution in [0, 0.1) is 0 Å². The molecule has 0 saturated carbocycles. The summed E-state index contributed by atoms with van der Waals surface area (Å²) in [6.07, 6.45) is 0. The van der Waals surface area contributed by atoms with Gasteiger partial charge < -0.3 is 9.15 Å². The summed E-state index contributed by atoms with van der Waals surface area (Å²) in [6, 6.07) is 5.40. The van der Waals surface area contributed by atoms with Crippen LogP contribution >= 0.6 is 0 Å². The van der Waals surface area contributed by atoms with E-state index in [4.69, 9.17) is 9.15 Å². The van der Waals surface area contributed by atoms with Crippen molar-refractivity contribution in [3.8, 4) is 5.75 Å². The Labute approximate surface area is 99.7 Å². The van der Waals surface area contributed by atoms with Gasteiger partial charge in [-0.3, -0.25) is 4.79 Å². The van der Waals surface area contributed by atoms with Gasteiger partial charge in [-0.2, -0.15) is 0 Å². The molecule has 0 unspecified atom stereocenters. The maximum absolute atomic E-state index is 11.5. The molecule has 1 heterocycles. The molecular formula is C14H14O3. The van der Waals surface area contributed by atoms with E-state index in [0.717, 1.165) is 16.7 Å². The number of furan rings is 1. The Hall–Kier alpha value is -2.03. The molecule has 0 amide bonds. The highest BCUT2D eigenvalue weighted by molar-refractivity contribution is 6.01. The number of ketones is 1. The van der Waals surface area contributed by atoms with Crippen LogP contribution in [0.25, 0.3) is 16.5 Å². The van der Waals surface area contributed by atoms with Gasteiger partial charge in [-0.15, -0.1) is 0 Å². The fourth-order valence-electron chi connectivity index (χ4n) is 1.72. The van der Waals surface area contributed by atoms with Crippen molar-refractivity contribution in [2.45, 2.75) is 13.8 Å². The van der Waals surface area contributed by atoms with E-state index >= 15 is 0 Å². The number of hydrogen-bond donors (Lipinski definition) is 0. The lowest BCUT2D eigenvalue weighted by Gasteiger charge is -2.04. The van der Waals surface area contributed by atoms with E-state index in [2.05, 4.69) is 6.58 Å². The average Bonchev–Trinajstić information content (AvgIpc) is 2.69. The van der Waals surface area contributed by atoms with Crippen molar-refractivity contribution >= 4 is 22.3 Å². The van der Waals surface area contributed by atoms with Gasteiger partial charge in [-0.05, 0) is 31.6 Å². The lowest BCUT2D eigenvalue weighted by Crippen LogP contribution is -1.96. The van der Waals surface area contributed by atoms with E-state index in [1.807, 2.05) is 13.0 Å². The first-order chi connectivity index (χ1) is 8.02. The van der Waals surface area contributed by atoms with E-state index in [1.54, 1.807) is 12.1 Å². The molecule has 0 spiro atoms. The third kappa shape index (κ3) is 1.96. The quantitative estimate of drug-likeness (QED) is 0.755. The van der Waals surface area contributed by atoms with Crippen molar-refractivity contribution in [2.24, 2.45) is 0 Å². The van der Waals surface area contributed by atoms with Gasteiger partial charge in [0.05, 0.1) is 12.7 Å². The molecule has 17 heavy (non-hydrogen) atoms. The first-order valence-electron chi connectivity index (χ1n) is 5.31. The summed E-state index contributed by atoms with van der Waals surface area (Å²) in [7, 11) is 1.54. The van der Waals surface area contributed by atoms with Crippen LogP contribution in [0.2, 0.25) is 0 Å². The Bertz CT molecular complexity index is 605. The van der Waals surface area contributed by atoms with E-state index in [9.17, 15) is 4.79 Å². The van der Waals surface area contributed by atoms with E-state index in [-0.39, 0.29) is 5.78 Å². The van der Waals surface area contributed by atoms with Crippen LogP contribution in [0.3, 0.4) is 0 Å². The minimum atomic E-state index is -0.0261. The molecule has 0 saturated heterocycles. The molecule has 0 N–H and O–H groups in total. The van der Waals surface area contributed by atoms with Crippen molar-refractivity contribution in [1.82, 2.24) is 0 Å². The topological polar surface area (TPSA) is 39.4 Å². The molecule has 0 radical (unpaired) electrons. The molecule has 0 aliphatic rings. The highest BCUT2D eigenvalue weighted by Gasteiger charge is 2.13. The zero-order chi connectivity index (χ0) is 12.6.